The van der Waals surface area contributed by atoms with E-state index in [1.807, 2.05) is 33.8 Å². The van der Waals surface area contributed by atoms with Gasteiger partial charge in [-0.25, -0.2) is 9.50 Å². The fraction of sp³-hybridized carbons (Fsp3) is 0.500. The Labute approximate surface area is 105 Å². The Hall–Kier alpha value is -1.98. The maximum absolute atomic E-state index is 11.9. The largest absolute Gasteiger partial charge is 0.347 e. The second-order valence-corrected chi connectivity index (χ2v) is 4.47. The zero-order valence-electron chi connectivity index (χ0n) is 11.1. The molecule has 6 nitrogen and oxygen atoms in total. The molecule has 0 aliphatic heterocycles. The molecule has 1 amide bonds. The van der Waals surface area contributed by atoms with Crippen LogP contribution >= 0.6 is 0 Å². The van der Waals surface area contributed by atoms with E-state index in [1.54, 1.807) is 4.52 Å². The Morgan fingerprint density at radius 2 is 2.17 bits per heavy atom. The van der Waals surface area contributed by atoms with Gasteiger partial charge >= 0.3 is 0 Å². The highest BCUT2D eigenvalue weighted by Gasteiger charge is 2.16. The Morgan fingerprint density at radius 1 is 1.44 bits per heavy atom. The lowest BCUT2D eigenvalue weighted by atomic mass is 10.2. The molecule has 0 aliphatic rings. The number of fused-ring (bicyclic) bond motifs is 1. The van der Waals surface area contributed by atoms with Gasteiger partial charge in [0.25, 0.3) is 11.7 Å². The van der Waals surface area contributed by atoms with Gasteiger partial charge in [0, 0.05) is 17.4 Å². The van der Waals surface area contributed by atoms with Crippen molar-refractivity contribution in [2.45, 2.75) is 40.2 Å². The summed E-state index contributed by atoms with van der Waals surface area (Å²) in [5.74, 6) is 0.366. The molecule has 2 heterocycles. The van der Waals surface area contributed by atoms with Gasteiger partial charge in [-0.3, -0.25) is 4.79 Å². The SMILES string of the molecule is CCC(C)NC(=O)c1nc2nc(C)cc(C)n2n1. The summed E-state index contributed by atoms with van der Waals surface area (Å²) in [6.07, 6.45) is 0.871. The van der Waals surface area contributed by atoms with Gasteiger partial charge in [-0.1, -0.05) is 6.92 Å². The summed E-state index contributed by atoms with van der Waals surface area (Å²) in [6.45, 7) is 7.76. The van der Waals surface area contributed by atoms with Crippen molar-refractivity contribution < 1.29 is 4.79 Å². The molecule has 0 saturated heterocycles. The third-order valence-corrected chi connectivity index (χ3v) is 2.81. The maximum Gasteiger partial charge on any atom is 0.291 e. The number of carbonyl (C=O) groups excluding carboxylic acids is 1. The summed E-state index contributed by atoms with van der Waals surface area (Å²) in [7, 11) is 0. The Bertz CT molecular complexity index is 589. The van der Waals surface area contributed by atoms with Gasteiger partial charge in [0.2, 0.25) is 5.82 Å². The van der Waals surface area contributed by atoms with Crippen molar-refractivity contribution in [1.82, 2.24) is 24.9 Å². The van der Waals surface area contributed by atoms with Crippen LogP contribution in [-0.4, -0.2) is 31.5 Å². The predicted molar refractivity (Wildman–Crippen MR) is 67.5 cm³/mol. The van der Waals surface area contributed by atoms with Crippen LogP contribution in [0, 0.1) is 13.8 Å². The summed E-state index contributed by atoms with van der Waals surface area (Å²) >= 11 is 0. The van der Waals surface area contributed by atoms with Crippen molar-refractivity contribution >= 4 is 11.7 Å². The van der Waals surface area contributed by atoms with E-state index in [-0.39, 0.29) is 17.8 Å². The highest BCUT2D eigenvalue weighted by molar-refractivity contribution is 5.90. The molecule has 2 aromatic rings. The van der Waals surface area contributed by atoms with E-state index < -0.39 is 0 Å². The van der Waals surface area contributed by atoms with Gasteiger partial charge in [-0.2, -0.15) is 4.98 Å². The third-order valence-electron chi connectivity index (χ3n) is 2.81. The van der Waals surface area contributed by atoms with Gasteiger partial charge < -0.3 is 5.32 Å². The monoisotopic (exact) mass is 247 g/mol. The molecular formula is C12H17N5O. The minimum atomic E-state index is -0.257. The standard InChI is InChI=1S/C12H17N5O/c1-5-7(2)13-11(18)10-15-12-14-8(3)6-9(4)17(12)16-10/h6-7H,5H2,1-4H3,(H,13,18). The Balaban J connectivity index is 2.35. The van der Waals surface area contributed by atoms with Crippen LogP contribution in [0.15, 0.2) is 6.07 Å². The topological polar surface area (TPSA) is 72.2 Å². The van der Waals surface area contributed by atoms with Gasteiger partial charge in [0.05, 0.1) is 0 Å². The number of aryl methyl sites for hydroxylation is 2. The second kappa shape index (κ2) is 4.72. The fourth-order valence-electron chi connectivity index (χ4n) is 1.65. The first kappa shape index (κ1) is 12.5. The molecule has 0 aromatic carbocycles. The lowest BCUT2D eigenvalue weighted by Gasteiger charge is -2.08. The van der Waals surface area contributed by atoms with Crippen LogP contribution in [-0.2, 0) is 0 Å². The minimum absolute atomic E-state index is 0.111. The molecule has 0 bridgehead atoms. The van der Waals surface area contributed by atoms with Crippen molar-refractivity contribution in [3.8, 4) is 0 Å². The lowest BCUT2D eigenvalue weighted by molar-refractivity contribution is 0.0929. The molecule has 2 aromatic heterocycles. The van der Waals surface area contributed by atoms with E-state index in [0.717, 1.165) is 17.8 Å². The molecule has 1 N–H and O–H groups in total. The van der Waals surface area contributed by atoms with Crippen LogP contribution in [0.1, 0.15) is 42.3 Å². The average molecular weight is 247 g/mol. The van der Waals surface area contributed by atoms with Gasteiger partial charge in [-0.15, -0.1) is 5.10 Å². The van der Waals surface area contributed by atoms with Gasteiger partial charge in [0.15, 0.2) is 0 Å². The van der Waals surface area contributed by atoms with Crippen LogP contribution in [0.3, 0.4) is 0 Å². The first-order chi connectivity index (χ1) is 8.51. The number of hydrogen-bond acceptors (Lipinski definition) is 4. The normalized spacial score (nSPS) is 12.7. The molecule has 18 heavy (non-hydrogen) atoms. The number of carbonyl (C=O) groups is 1. The van der Waals surface area contributed by atoms with Crippen LogP contribution < -0.4 is 5.32 Å². The Kier molecular flexibility index (Phi) is 3.27. The van der Waals surface area contributed by atoms with E-state index in [1.165, 1.54) is 0 Å². The highest BCUT2D eigenvalue weighted by Crippen LogP contribution is 2.05. The number of nitrogens with one attached hydrogen (secondary N) is 1. The number of rotatable bonds is 3. The first-order valence-electron chi connectivity index (χ1n) is 6.03. The highest BCUT2D eigenvalue weighted by atomic mass is 16.2. The molecule has 1 atom stereocenters. The van der Waals surface area contributed by atoms with Crippen molar-refractivity contribution in [2.24, 2.45) is 0 Å². The molecule has 6 heteroatoms. The first-order valence-corrected chi connectivity index (χ1v) is 6.03. The van der Waals surface area contributed by atoms with E-state index in [0.29, 0.717) is 5.78 Å². The molecule has 96 valence electrons. The smallest absolute Gasteiger partial charge is 0.291 e. The average Bonchev–Trinajstić information content (AvgIpc) is 2.72. The molecule has 0 saturated carbocycles. The number of aromatic nitrogens is 4. The summed E-state index contributed by atoms with van der Waals surface area (Å²) < 4.78 is 1.58. The third kappa shape index (κ3) is 2.32. The van der Waals surface area contributed by atoms with Crippen molar-refractivity contribution in [3.05, 3.63) is 23.3 Å². The molecule has 0 aliphatic carbocycles. The molecule has 0 fully saturated rings. The fourth-order valence-corrected chi connectivity index (χ4v) is 1.65. The summed E-state index contributed by atoms with van der Waals surface area (Å²) in [4.78, 5) is 20.3. The zero-order valence-corrected chi connectivity index (χ0v) is 11.1. The number of amides is 1. The van der Waals surface area contributed by atoms with E-state index in [9.17, 15) is 4.79 Å². The minimum Gasteiger partial charge on any atom is -0.347 e. The van der Waals surface area contributed by atoms with Crippen LogP contribution in [0.5, 0.6) is 0 Å². The quantitative estimate of drug-likeness (QED) is 0.886. The molecule has 1 unspecified atom stereocenters. The zero-order chi connectivity index (χ0) is 13.3. The van der Waals surface area contributed by atoms with Crippen LogP contribution in [0.25, 0.3) is 5.78 Å². The summed E-state index contributed by atoms with van der Waals surface area (Å²) in [5.41, 5.74) is 1.77. The lowest BCUT2D eigenvalue weighted by Crippen LogP contribution is -2.32. The van der Waals surface area contributed by atoms with Crippen LogP contribution in [0.4, 0.5) is 0 Å². The van der Waals surface area contributed by atoms with E-state index in [2.05, 4.69) is 20.4 Å². The maximum atomic E-state index is 11.9. The molecule has 0 spiro atoms. The molecular weight excluding hydrogens is 230 g/mol. The molecule has 2 rings (SSSR count). The van der Waals surface area contributed by atoms with Crippen molar-refractivity contribution in [2.75, 3.05) is 0 Å². The second-order valence-electron chi connectivity index (χ2n) is 4.47. The predicted octanol–water partition coefficient (Wildman–Crippen LogP) is 1.27. The van der Waals surface area contributed by atoms with E-state index in [4.69, 9.17) is 0 Å². The molecule has 0 radical (unpaired) electrons. The summed E-state index contributed by atoms with van der Waals surface area (Å²) in [6, 6.07) is 2.01. The number of hydrogen-bond donors (Lipinski definition) is 1. The van der Waals surface area contributed by atoms with Crippen LogP contribution in [0.2, 0.25) is 0 Å². The van der Waals surface area contributed by atoms with Gasteiger partial charge in [-0.05, 0) is 33.3 Å². The Morgan fingerprint density at radius 3 is 2.83 bits per heavy atom. The van der Waals surface area contributed by atoms with Crippen molar-refractivity contribution in [3.63, 3.8) is 0 Å². The van der Waals surface area contributed by atoms with Gasteiger partial charge in [0.1, 0.15) is 0 Å². The van der Waals surface area contributed by atoms with E-state index >= 15 is 0 Å². The summed E-state index contributed by atoms with van der Waals surface area (Å²) in [5, 5.41) is 7.01. The number of nitrogens with zero attached hydrogens (tertiary/aromatic N) is 4. The van der Waals surface area contributed by atoms with Crippen molar-refractivity contribution in [1.29, 1.82) is 0 Å².